The minimum Gasteiger partial charge on any atom is -0.475 e. The molecule has 10 nitrogen and oxygen atoms in total. The van der Waals surface area contributed by atoms with E-state index < -0.39 is 66.2 Å². The molecular weight excluding hydrogens is 492 g/mol. The minimum absolute atomic E-state index is 0.0464. The lowest BCUT2D eigenvalue weighted by molar-refractivity contribution is -0.151. The second-order valence-electron chi connectivity index (χ2n) is 9.94. The summed E-state index contributed by atoms with van der Waals surface area (Å²) in [4.78, 5) is 61.4. The number of carboxylic acid groups (broad SMARTS) is 1. The number of hydrogen-bond donors (Lipinski definition) is 4. The number of nitrogens with one attached hydrogen (secondary N) is 3. The summed E-state index contributed by atoms with van der Waals surface area (Å²) in [5, 5.41) is 15.9. The number of carboxylic acids is 1. The zero-order chi connectivity index (χ0) is 28.3. The molecule has 0 bridgehead atoms. The van der Waals surface area contributed by atoms with E-state index in [0.29, 0.717) is 5.56 Å². The van der Waals surface area contributed by atoms with Gasteiger partial charge >= 0.3 is 12.1 Å². The number of ether oxygens (including phenoxy) is 1. The van der Waals surface area contributed by atoms with Gasteiger partial charge in [-0.25, -0.2) is 18.4 Å². The van der Waals surface area contributed by atoms with Crippen molar-refractivity contribution < 1.29 is 42.6 Å². The second kappa shape index (κ2) is 14.2. The molecule has 1 rings (SSSR count). The van der Waals surface area contributed by atoms with Gasteiger partial charge in [0.2, 0.25) is 18.2 Å². The van der Waals surface area contributed by atoms with Crippen molar-refractivity contribution in [2.45, 2.75) is 84.0 Å². The summed E-state index contributed by atoms with van der Waals surface area (Å²) in [6.45, 7) is 8.43. The highest BCUT2D eigenvalue weighted by molar-refractivity contribution is 6.35. The predicted molar refractivity (Wildman–Crippen MR) is 130 cm³/mol. The van der Waals surface area contributed by atoms with E-state index in [1.165, 1.54) is 0 Å². The third-order valence-electron chi connectivity index (χ3n) is 4.89. The van der Waals surface area contributed by atoms with Crippen LogP contribution in [0, 0.1) is 5.92 Å². The predicted octanol–water partition coefficient (Wildman–Crippen LogP) is 2.45. The zero-order valence-electron chi connectivity index (χ0n) is 21.5. The number of hydrogen-bond acceptors (Lipinski definition) is 6. The van der Waals surface area contributed by atoms with Crippen LogP contribution in [0.15, 0.2) is 30.3 Å². The Balaban J connectivity index is 3.14. The van der Waals surface area contributed by atoms with Crippen LogP contribution in [-0.2, 0) is 30.3 Å². The summed E-state index contributed by atoms with van der Waals surface area (Å²) in [7, 11) is 0. The highest BCUT2D eigenvalue weighted by Gasteiger charge is 2.34. The second-order valence-corrected chi connectivity index (χ2v) is 9.94. The van der Waals surface area contributed by atoms with Crippen LogP contribution in [0.1, 0.15) is 53.0 Å². The van der Waals surface area contributed by atoms with Crippen molar-refractivity contribution in [1.29, 1.82) is 0 Å². The minimum atomic E-state index is -3.06. The highest BCUT2D eigenvalue weighted by Crippen LogP contribution is 2.12. The number of ketones is 1. The number of Topliss-reactive ketones (excluding diaryl/α,β-unsaturated/α-hetero) is 1. The van der Waals surface area contributed by atoms with Crippen molar-refractivity contribution in [2.75, 3.05) is 0 Å². The molecule has 4 N–H and O–H groups in total. The van der Waals surface area contributed by atoms with Crippen LogP contribution in [0.25, 0.3) is 0 Å². The Hall–Kier alpha value is -3.57. The molecule has 1 aromatic carbocycles. The SMILES string of the molecule is CC(C)CC(NC(=O)C(Cc1ccccc1)NC(=O)OC(C)(C)C)C(=O)NC(CC(F)F)C(=O)C(=O)O. The van der Waals surface area contributed by atoms with Gasteiger partial charge in [-0.05, 0) is 38.7 Å². The number of amides is 3. The molecule has 0 saturated heterocycles. The Morgan fingerprint density at radius 2 is 1.41 bits per heavy atom. The number of halogens is 2. The average molecular weight is 528 g/mol. The van der Waals surface area contributed by atoms with Gasteiger partial charge in [-0.3, -0.25) is 14.4 Å². The fourth-order valence-corrected chi connectivity index (χ4v) is 3.32. The molecule has 0 fully saturated rings. The van der Waals surface area contributed by atoms with Gasteiger partial charge in [0.05, 0.1) is 0 Å². The van der Waals surface area contributed by atoms with Crippen molar-refractivity contribution in [2.24, 2.45) is 5.92 Å². The molecule has 0 saturated carbocycles. The Morgan fingerprint density at radius 1 is 0.865 bits per heavy atom. The van der Waals surface area contributed by atoms with Crippen molar-refractivity contribution in [1.82, 2.24) is 16.0 Å². The summed E-state index contributed by atoms with van der Waals surface area (Å²) in [6, 6.07) is 4.30. The number of carbonyl (C=O) groups excluding carboxylic acids is 4. The van der Waals surface area contributed by atoms with Gasteiger partial charge < -0.3 is 25.8 Å². The summed E-state index contributed by atoms with van der Waals surface area (Å²) in [5.74, 6) is -5.49. The van der Waals surface area contributed by atoms with Crippen molar-refractivity contribution in [3.05, 3.63) is 35.9 Å². The van der Waals surface area contributed by atoms with Crippen LogP contribution in [0.3, 0.4) is 0 Å². The number of rotatable bonds is 13. The largest absolute Gasteiger partial charge is 0.475 e. The topological polar surface area (TPSA) is 151 Å². The summed E-state index contributed by atoms with van der Waals surface area (Å²) in [5.41, 5.74) is -0.137. The molecule has 206 valence electrons. The van der Waals surface area contributed by atoms with Crippen LogP contribution in [0.5, 0.6) is 0 Å². The molecule has 3 unspecified atom stereocenters. The molecule has 0 spiro atoms. The smallest absolute Gasteiger partial charge is 0.408 e. The first kappa shape index (κ1) is 31.5. The molecule has 12 heteroatoms. The molecule has 3 atom stereocenters. The first-order valence-corrected chi connectivity index (χ1v) is 11.8. The number of alkyl carbamates (subject to hydrolysis) is 1. The summed E-state index contributed by atoms with van der Waals surface area (Å²) >= 11 is 0. The Kier molecular flexibility index (Phi) is 12.1. The van der Waals surface area contributed by atoms with Crippen LogP contribution in [-0.4, -0.2) is 64.9 Å². The van der Waals surface area contributed by atoms with E-state index in [9.17, 15) is 32.8 Å². The first-order chi connectivity index (χ1) is 17.1. The Morgan fingerprint density at radius 3 is 1.89 bits per heavy atom. The molecule has 0 aliphatic rings. The zero-order valence-corrected chi connectivity index (χ0v) is 21.5. The van der Waals surface area contributed by atoms with Gasteiger partial charge in [0.15, 0.2) is 0 Å². The van der Waals surface area contributed by atoms with Crippen LogP contribution in [0.2, 0.25) is 0 Å². The van der Waals surface area contributed by atoms with Gasteiger partial charge in [-0.1, -0.05) is 44.2 Å². The van der Waals surface area contributed by atoms with Crippen molar-refractivity contribution in [3.8, 4) is 0 Å². The summed E-state index contributed by atoms with van der Waals surface area (Å²) in [6.07, 6.45) is -5.02. The average Bonchev–Trinajstić information content (AvgIpc) is 2.75. The van der Waals surface area contributed by atoms with E-state index in [4.69, 9.17) is 9.84 Å². The molecule has 1 aromatic rings. The maximum absolute atomic E-state index is 13.2. The number of alkyl halides is 2. The molecule has 3 amide bonds. The monoisotopic (exact) mass is 527 g/mol. The van der Waals surface area contributed by atoms with Gasteiger partial charge in [0.25, 0.3) is 5.78 Å². The molecule has 0 aliphatic heterocycles. The van der Waals surface area contributed by atoms with Crippen molar-refractivity contribution in [3.63, 3.8) is 0 Å². The molecule has 0 heterocycles. The molecule has 0 aliphatic carbocycles. The lowest BCUT2D eigenvalue weighted by Crippen LogP contribution is -2.57. The maximum Gasteiger partial charge on any atom is 0.408 e. The quantitative estimate of drug-likeness (QED) is 0.288. The van der Waals surface area contributed by atoms with Gasteiger partial charge in [-0.15, -0.1) is 0 Å². The van der Waals surface area contributed by atoms with E-state index in [0.717, 1.165) is 0 Å². The molecular formula is C25H35F2N3O7. The fourth-order valence-electron chi connectivity index (χ4n) is 3.32. The molecule has 0 aromatic heterocycles. The fraction of sp³-hybridized carbons (Fsp3) is 0.560. The van der Waals surface area contributed by atoms with Crippen LogP contribution in [0.4, 0.5) is 13.6 Å². The Labute approximate surface area is 214 Å². The Bertz CT molecular complexity index is 949. The van der Waals surface area contributed by atoms with E-state index in [1.807, 2.05) is 5.32 Å². The van der Waals surface area contributed by atoms with Gasteiger partial charge in [0.1, 0.15) is 23.7 Å². The first-order valence-electron chi connectivity index (χ1n) is 11.8. The van der Waals surface area contributed by atoms with Gasteiger partial charge in [-0.2, -0.15) is 0 Å². The van der Waals surface area contributed by atoms with Crippen LogP contribution < -0.4 is 16.0 Å². The van der Waals surface area contributed by atoms with E-state index >= 15 is 0 Å². The normalized spacial score (nSPS) is 13.9. The van der Waals surface area contributed by atoms with Gasteiger partial charge in [0, 0.05) is 12.8 Å². The maximum atomic E-state index is 13.2. The number of benzene rings is 1. The third-order valence-corrected chi connectivity index (χ3v) is 4.89. The third kappa shape index (κ3) is 12.3. The van der Waals surface area contributed by atoms with E-state index in [2.05, 4.69) is 10.6 Å². The van der Waals surface area contributed by atoms with E-state index in [1.54, 1.807) is 65.0 Å². The lowest BCUT2D eigenvalue weighted by atomic mass is 10.00. The van der Waals surface area contributed by atoms with Crippen LogP contribution >= 0.6 is 0 Å². The van der Waals surface area contributed by atoms with E-state index in [-0.39, 0.29) is 18.8 Å². The van der Waals surface area contributed by atoms with Crippen molar-refractivity contribution >= 4 is 29.7 Å². The number of carbonyl (C=O) groups is 5. The molecule has 0 radical (unpaired) electrons. The lowest BCUT2D eigenvalue weighted by Gasteiger charge is -2.27. The summed E-state index contributed by atoms with van der Waals surface area (Å²) < 4.78 is 31.1. The number of aliphatic carboxylic acids is 1. The molecule has 37 heavy (non-hydrogen) atoms. The standard InChI is InChI=1S/C25H35F2N3O7/c1-14(2)11-17(21(32)28-16(13-19(26)27)20(31)23(34)35)29-22(33)18(12-15-9-7-6-8-10-15)30-24(36)37-25(3,4)5/h6-10,14,16-19H,11-13H2,1-5H3,(H,28,32)(H,29,33)(H,30,36)(H,34,35). The highest BCUT2D eigenvalue weighted by atomic mass is 19.3.